The first-order valence-corrected chi connectivity index (χ1v) is 7.90. The van der Waals surface area contributed by atoms with Gasteiger partial charge in [0.25, 0.3) is 0 Å². The molecule has 0 bridgehead atoms. The van der Waals surface area contributed by atoms with Gasteiger partial charge in [-0.2, -0.15) is 13.2 Å². The van der Waals surface area contributed by atoms with Crippen molar-refractivity contribution >= 4 is 0 Å². The van der Waals surface area contributed by atoms with Gasteiger partial charge in [-0.05, 0) is 55.5 Å². The van der Waals surface area contributed by atoms with Gasteiger partial charge in [0.15, 0.2) is 6.10 Å². The van der Waals surface area contributed by atoms with Crippen molar-refractivity contribution in [2.45, 2.75) is 38.0 Å². The molecule has 1 aromatic carbocycles. The number of benzene rings is 1. The first-order valence-electron chi connectivity index (χ1n) is 7.90. The normalized spacial score (nSPS) is 19.0. The maximum Gasteiger partial charge on any atom is 0.418 e. The Labute approximate surface area is 135 Å². The van der Waals surface area contributed by atoms with E-state index in [0.717, 1.165) is 38.0 Å². The van der Waals surface area contributed by atoms with Crippen molar-refractivity contribution in [3.63, 3.8) is 0 Å². The topological polar surface area (TPSA) is 32.7 Å². The molecule has 1 aliphatic heterocycles. The number of piperidine rings is 1. The maximum atomic E-state index is 12.8. The maximum absolute atomic E-state index is 12.8. The highest BCUT2D eigenvalue weighted by molar-refractivity contribution is 5.38. The van der Waals surface area contributed by atoms with Gasteiger partial charge in [-0.3, -0.25) is 0 Å². The first-order chi connectivity index (χ1) is 10.8. The molecular formula is C17H24F3NO2. The molecule has 1 aromatic rings. The summed E-state index contributed by atoms with van der Waals surface area (Å²) in [7, 11) is 1.67. The molecule has 1 saturated heterocycles. The van der Waals surface area contributed by atoms with Crippen LogP contribution >= 0.6 is 0 Å². The molecule has 0 aliphatic carbocycles. The fraction of sp³-hybridized carbons (Fsp3) is 0.647. The molecule has 1 fully saturated rings. The molecule has 0 aromatic heterocycles. The third-order valence-electron chi connectivity index (χ3n) is 4.66. The van der Waals surface area contributed by atoms with E-state index in [0.29, 0.717) is 12.2 Å². The summed E-state index contributed by atoms with van der Waals surface area (Å²) < 4.78 is 43.4. The quantitative estimate of drug-likeness (QED) is 0.897. The number of halogens is 3. The molecule has 1 N–H and O–H groups in total. The summed E-state index contributed by atoms with van der Waals surface area (Å²) in [5, 5.41) is 9.55. The Hall–Kier alpha value is -1.11. The highest BCUT2D eigenvalue weighted by Gasteiger charge is 2.40. The van der Waals surface area contributed by atoms with Gasteiger partial charge < -0.3 is 14.7 Å². The molecule has 6 heteroatoms. The van der Waals surface area contributed by atoms with E-state index >= 15 is 0 Å². The number of hydrogen-bond donors (Lipinski definition) is 1. The molecule has 23 heavy (non-hydrogen) atoms. The summed E-state index contributed by atoms with van der Waals surface area (Å²) in [6.07, 6.45) is -5.22. The molecule has 1 heterocycles. The highest BCUT2D eigenvalue weighted by atomic mass is 19.4. The predicted octanol–water partition coefficient (Wildman–Crippen LogP) is 3.42. The van der Waals surface area contributed by atoms with Crippen molar-refractivity contribution in [2.75, 3.05) is 33.4 Å². The zero-order valence-corrected chi connectivity index (χ0v) is 13.6. The van der Waals surface area contributed by atoms with E-state index in [9.17, 15) is 18.3 Å². The van der Waals surface area contributed by atoms with Crippen molar-refractivity contribution in [3.05, 3.63) is 34.9 Å². The summed E-state index contributed by atoms with van der Waals surface area (Å²) >= 11 is 0. The summed E-state index contributed by atoms with van der Waals surface area (Å²) in [5.41, 5.74) is 1.46. The van der Waals surface area contributed by atoms with Crippen LogP contribution in [0.4, 0.5) is 13.2 Å². The molecule has 1 unspecified atom stereocenters. The van der Waals surface area contributed by atoms with Gasteiger partial charge in [0, 0.05) is 13.7 Å². The minimum atomic E-state index is -4.63. The third-order valence-corrected chi connectivity index (χ3v) is 4.66. The molecular weight excluding hydrogens is 307 g/mol. The Morgan fingerprint density at radius 3 is 2.52 bits per heavy atom. The molecule has 3 nitrogen and oxygen atoms in total. The van der Waals surface area contributed by atoms with Crippen LogP contribution in [0.2, 0.25) is 0 Å². The Balaban J connectivity index is 2.10. The lowest BCUT2D eigenvalue weighted by Crippen LogP contribution is -2.35. The van der Waals surface area contributed by atoms with Crippen LogP contribution in [-0.2, 0) is 4.74 Å². The second-order valence-electron chi connectivity index (χ2n) is 6.11. The highest BCUT2D eigenvalue weighted by Crippen LogP contribution is 2.38. The fourth-order valence-electron chi connectivity index (χ4n) is 3.27. The second kappa shape index (κ2) is 7.64. The van der Waals surface area contributed by atoms with E-state index in [-0.39, 0.29) is 11.5 Å². The number of likely N-dealkylation sites (tertiary alicyclic amines) is 1. The van der Waals surface area contributed by atoms with Crippen LogP contribution in [0.1, 0.15) is 41.6 Å². The van der Waals surface area contributed by atoms with Crippen LogP contribution in [0.15, 0.2) is 18.2 Å². The van der Waals surface area contributed by atoms with Gasteiger partial charge in [0.05, 0.1) is 6.61 Å². The zero-order valence-electron chi connectivity index (χ0n) is 13.6. The average Bonchev–Trinajstić information content (AvgIpc) is 2.52. The Kier molecular flexibility index (Phi) is 6.06. The van der Waals surface area contributed by atoms with Gasteiger partial charge in [-0.1, -0.05) is 18.2 Å². The minimum absolute atomic E-state index is 0.0307. The van der Waals surface area contributed by atoms with Crippen molar-refractivity contribution in [1.82, 2.24) is 4.90 Å². The lowest BCUT2D eigenvalue weighted by atomic mass is 9.84. The van der Waals surface area contributed by atoms with E-state index in [2.05, 4.69) is 4.90 Å². The predicted molar refractivity (Wildman–Crippen MR) is 82.5 cm³/mol. The second-order valence-corrected chi connectivity index (χ2v) is 6.11. The van der Waals surface area contributed by atoms with Crippen molar-refractivity contribution < 1.29 is 23.0 Å². The number of aliphatic hydroxyl groups excluding tert-OH is 1. The lowest BCUT2D eigenvalue weighted by molar-refractivity contribution is -0.207. The van der Waals surface area contributed by atoms with Crippen LogP contribution in [-0.4, -0.2) is 49.5 Å². The Morgan fingerprint density at radius 2 is 1.96 bits per heavy atom. The number of alkyl halides is 3. The minimum Gasteiger partial charge on any atom is -0.383 e. The molecule has 0 radical (unpaired) electrons. The smallest absolute Gasteiger partial charge is 0.383 e. The summed E-state index contributed by atoms with van der Waals surface area (Å²) in [6.45, 7) is 5.09. The van der Waals surface area contributed by atoms with Gasteiger partial charge in [-0.15, -0.1) is 0 Å². The van der Waals surface area contributed by atoms with E-state index in [4.69, 9.17) is 4.74 Å². The van der Waals surface area contributed by atoms with Crippen LogP contribution in [0.5, 0.6) is 0 Å². The van der Waals surface area contributed by atoms with Gasteiger partial charge in [-0.25, -0.2) is 0 Å². The van der Waals surface area contributed by atoms with Crippen LogP contribution in [0, 0.1) is 6.92 Å². The lowest BCUT2D eigenvalue weighted by Gasteiger charge is -2.33. The van der Waals surface area contributed by atoms with Gasteiger partial charge >= 0.3 is 6.18 Å². The van der Waals surface area contributed by atoms with E-state index in [1.807, 2.05) is 6.07 Å². The van der Waals surface area contributed by atoms with E-state index < -0.39 is 12.3 Å². The average molecular weight is 331 g/mol. The fourth-order valence-corrected chi connectivity index (χ4v) is 3.27. The van der Waals surface area contributed by atoms with Crippen molar-refractivity contribution in [1.29, 1.82) is 0 Å². The van der Waals surface area contributed by atoms with Crippen LogP contribution < -0.4 is 0 Å². The standard InChI is InChI=1S/C17H24F3NO2/c1-12-14(4-3-5-15(12)16(22)17(18,19)20)13-6-8-21(9-7-13)10-11-23-2/h3-5,13,16,22H,6-11H2,1-2H3. The summed E-state index contributed by atoms with van der Waals surface area (Å²) in [4.78, 5) is 2.31. The van der Waals surface area contributed by atoms with Crippen LogP contribution in [0.25, 0.3) is 0 Å². The number of ether oxygens (including phenoxy) is 1. The van der Waals surface area contributed by atoms with Crippen molar-refractivity contribution in [2.24, 2.45) is 0 Å². The third kappa shape index (κ3) is 4.46. The van der Waals surface area contributed by atoms with E-state index in [1.165, 1.54) is 6.07 Å². The number of methoxy groups -OCH3 is 1. The number of rotatable bonds is 5. The number of nitrogens with zero attached hydrogens (tertiary/aromatic N) is 1. The number of hydrogen-bond acceptors (Lipinski definition) is 3. The van der Waals surface area contributed by atoms with Crippen LogP contribution in [0.3, 0.4) is 0 Å². The monoisotopic (exact) mass is 331 g/mol. The largest absolute Gasteiger partial charge is 0.418 e. The first kappa shape index (κ1) is 18.2. The molecule has 130 valence electrons. The van der Waals surface area contributed by atoms with Gasteiger partial charge in [0.2, 0.25) is 0 Å². The zero-order chi connectivity index (χ0) is 17.0. The molecule has 2 rings (SSSR count). The number of aliphatic hydroxyl groups is 1. The Bertz CT molecular complexity index is 511. The van der Waals surface area contributed by atoms with Gasteiger partial charge in [0.1, 0.15) is 0 Å². The molecule has 0 spiro atoms. The van der Waals surface area contributed by atoms with E-state index in [1.54, 1.807) is 20.1 Å². The summed E-state index contributed by atoms with van der Waals surface area (Å²) in [5.74, 6) is 0.245. The summed E-state index contributed by atoms with van der Waals surface area (Å²) in [6, 6.07) is 4.87. The molecule has 0 saturated carbocycles. The SMILES string of the molecule is COCCN1CCC(c2cccc(C(O)C(F)(F)F)c2C)CC1. The molecule has 0 amide bonds. The molecule has 1 atom stereocenters. The van der Waals surface area contributed by atoms with Crippen molar-refractivity contribution in [3.8, 4) is 0 Å². The Morgan fingerprint density at radius 1 is 1.30 bits per heavy atom. The molecule has 1 aliphatic rings.